The molecule has 1 aliphatic heterocycles. The maximum Gasteiger partial charge on any atom is 0.227 e. The Hall–Kier alpha value is -2.87. The summed E-state index contributed by atoms with van der Waals surface area (Å²) in [5.41, 5.74) is 1.06. The highest BCUT2D eigenvalue weighted by Gasteiger charge is 2.34. The summed E-state index contributed by atoms with van der Waals surface area (Å²) in [5.74, 6) is 3.01. The Balaban J connectivity index is 1.22. The molecular formula is C21H21N3O4S. The van der Waals surface area contributed by atoms with Crippen LogP contribution in [0.2, 0.25) is 0 Å². The average molecular weight is 411 g/mol. The standard InChI is InChI=1S/C21H21N3O4S/c25-18(7-8-19-23-21(24-28-19)17-2-1-11-29-17)22-20(13-3-4-13)14-5-6-15-16(12-14)27-10-9-26-15/h1-2,5-6,11-13,20H,3-4,7-10H2,(H,22,25). The summed E-state index contributed by atoms with van der Waals surface area (Å²) in [4.78, 5) is 17.9. The van der Waals surface area contributed by atoms with Gasteiger partial charge in [0.1, 0.15) is 13.2 Å². The molecule has 0 spiro atoms. The molecule has 1 fully saturated rings. The van der Waals surface area contributed by atoms with E-state index in [0.29, 0.717) is 43.7 Å². The molecule has 1 amide bonds. The number of carbonyl (C=O) groups is 1. The lowest BCUT2D eigenvalue weighted by molar-refractivity contribution is -0.122. The Labute approximate surface area is 172 Å². The Morgan fingerprint density at radius 2 is 2.07 bits per heavy atom. The molecule has 8 heteroatoms. The summed E-state index contributed by atoms with van der Waals surface area (Å²) < 4.78 is 16.6. The van der Waals surface area contributed by atoms with E-state index in [1.54, 1.807) is 11.3 Å². The highest BCUT2D eigenvalue weighted by Crippen LogP contribution is 2.43. The molecule has 29 heavy (non-hydrogen) atoms. The number of hydrogen-bond donors (Lipinski definition) is 1. The number of aryl methyl sites for hydroxylation is 1. The lowest BCUT2D eigenvalue weighted by atomic mass is 10.0. The number of rotatable bonds is 7. The maximum atomic E-state index is 12.6. The molecule has 0 saturated heterocycles. The van der Waals surface area contributed by atoms with Gasteiger partial charge < -0.3 is 19.3 Å². The first-order valence-corrected chi connectivity index (χ1v) is 10.7. The van der Waals surface area contributed by atoms with Crippen molar-refractivity contribution in [2.45, 2.75) is 31.7 Å². The average Bonchev–Trinajstić information content (AvgIpc) is 3.24. The van der Waals surface area contributed by atoms with Gasteiger partial charge in [-0.1, -0.05) is 17.3 Å². The van der Waals surface area contributed by atoms with Gasteiger partial charge in [-0.3, -0.25) is 4.79 Å². The third-order valence-electron chi connectivity index (χ3n) is 5.11. The molecule has 0 bridgehead atoms. The van der Waals surface area contributed by atoms with Crippen LogP contribution in [-0.4, -0.2) is 29.3 Å². The van der Waals surface area contributed by atoms with Crippen molar-refractivity contribution in [3.05, 3.63) is 47.2 Å². The van der Waals surface area contributed by atoms with Gasteiger partial charge in [-0.05, 0) is 47.9 Å². The number of thiophene rings is 1. The molecule has 1 atom stereocenters. The summed E-state index contributed by atoms with van der Waals surface area (Å²) in [6, 6.07) is 9.81. The van der Waals surface area contributed by atoms with Crippen molar-refractivity contribution in [3.8, 4) is 22.2 Å². The number of nitrogens with one attached hydrogen (secondary N) is 1. The van der Waals surface area contributed by atoms with Crippen LogP contribution in [0.25, 0.3) is 10.7 Å². The number of ether oxygens (including phenoxy) is 2. The van der Waals surface area contributed by atoms with E-state index in [0.717, 1.165) is 34.8 Å². The molecule has 150 valence electrons. The lowest BCUT2D eigenvalue weighted by Crippen LogP contribution is -2.30. The Morgan fingerprint density at radius 3 is 2.86 bits per heavy atom. The monoisotopic (exact) mass is 411 g/mol. The zero-order valence-corrected chi connectivity index (χ0v) is 16.6. The number of hydrogen-bond acceptors (Lipinski definition) is 7. The van der Waals surface area contributed by atoms with Gasteiger partial charge in [0.15, 0.2) is 11.5 Å². The molecule has 1 unspecified atom stereocenters. The first-order valence-electron chi connectivity index (χ1n) is 9.81. The Kier molecular flexibility index (Phi) is 4.93. The van der Waals surface area contributed by atoms with Gasteiger partial charge in [0, 0.05) is 12.8 Å². The van der Waals surface area contributed by atoms with E-state index in [-0.39, 0.29) is 11.9 Å². The summed E-state index contributed by atoms with van der Waals surface area (Å²) in [5, 5.41) is 9.14. The van der Waals surface area contributed by atoms with E-state index in [1.165, 1.54) is 0 Å². The molecular weight excluding hydrogens is 390 g/mol. The highest BCUT2D eigenvalue weighted by atomic mass is 32.1. The minimum atomic E-state index is -0.0207. The Bertz CT molecular complexity index is 997. The van der Waals surface area contributed by atoms with Crippen molar-refractivity contribution in [1.29, 1.82) is 0 Å². The summed E-state index contributed by atoms with van der Waals surface area (Å²) in [6.45, 7) is 1.12. The van der Waals surface area contributed by atoms with Crippen LogP contribution in [0, 0.1) is 5.92 Å². The van der Waals surface area contributed by atoms with Crippen molar-refractivity contribution in [3.63, 3.8) is 0 Å². The predicted octanol–water partition coefficient (Wildman–Crippen LogP) is 3.77. The van der Waals surface area contributed by atoms with E-state index in [1.807, 2.05) is 35.7 Å². The number of carbonyl (C=O) groups excluding carboxylic acids is 1. The van der Waals surface area contributed by atoms with Gasteiger partial charge in [0.25, 0.3) is 0 Å². The molecule has 1 aromatic carbocycles. The summed E-state index contributed by atoms with van der Waals surface area (Å²) in [7, 11) is 0. The van der Waals surface area contributed by atoms with E-state index < -0.39 is 0 Å². The number of aromatic nitrogens is 2. The summed E-state index contributed by atoms with van der Waals surface area (Å²) >= 11 is 1.56. The molecule has 3 heterocycles. The second-order valence-corrected chi connectivity index (χ2v) is 8.22. The minimum Gasteiger partial charge on any atom is -0.486 e. The molecule has 3 aromatic rings. The van der Waals surface area contributed by atoms with E-state index in [9.17, 15) is 4.79 Å². The number of nitrogens with zero attached hydrogens (tertiary/aromatic N) is 2. The number of benzene rings is 1. The van der Waals surface area contributed by atoms with Crippen molar-refractivity contribution in [2.75, 3.05) is 13.2 Å². The van der Waals surface area contributed by atoms with Gasteiger partial charge in [0.2, 0.25) is 17.6 Å². The van der Waals surface area contributed by atoms with Crippen LogP contribution >= 0.6 is 11.3 Å². The largest absolute Gasteiger partial charge is 0.486 e. The number of amides is 1. The first kappa shape index (κ1) is 18.2. The van der Waals surface area contributed by atoms with Crippen molar-refractivity contribution in [2.24, 2.45) is 5.92 Å². The van der Waals surface area contributed by atoms with Crippen LogP contribution in [0.4, 0.5) is 0 Å². The second kappa shape index (κ2) is 7.87. The quantitative estimate of drug-likeness (QED) is 0.637. The normalized spacial score (nSPS) is 16.4. The predicted molar refractivity (Wildman–Crippen MR) is 107 cm³/mol. The van der Waals surface area contributed by atoms with Gasteiger partial charge >= 0.3 is 0 Å². The van der Waals surface area contributed by atoms with Gasteiger partial charge in [-0.25, -0.2) is 0 Å². The van der Waals surface area contributed by atoms with E-state index in [2.05, 4.69) is 15.5 Å². The molecule has 7 nitrogen and oxygen atoms in total. The van der Waals surface area contributed by atoms with Crippen molar-refractivity contribution in [1.82, 2.24) is 15.5 Å². The van der Waals surface area contributed by atoms with Gasteiger partial charge in [-0.15, -0.1) is 11.3 Å². The molecule has 1 N–H and O–H groups in total. The first-order chi connectivity index (χ1) is 14.3. The van der Waals surface area contributed by atoms with Crippen LogP contribution in [0.15, 0.2) is 40.2 Å². The van der Waals surface area contributed by atoms with Gasteiger partial charge in [0.05, 0.1) is 10.9 Å². The topological polar surface area (TPSA) is 86.5 Å². The Morgan fingerprint density at radius 1 is 1.21 bits per heavy atom. The second-order valence-electron chi connectivity index (χ2n) is 7.27. The third kappa shape index (κ3) is 4.12. The molecule has 5 rings (SSSR count). The fourth-order valence-electron chi connectivity index (χ4n) is 3.48. The zero-order valence-electron chi connectivity index (χ0n) is 15.8. The SMILES string of the molecule is O=C(CCc1nc(-c2cccs2)no1)NC(c1ccc2c(c1)OCCO2)C1CC1. The van der Waals surface area contributed by atoms with Crippen LogP contribution in [-0.2, 0) is 11.2 Å². The van der Waals surface area contributed by atoms with Crippen LogP contribution < -0.4 is 14.8 Å². The zero-order chi connectivity index (χ0) is 19.6. The fraction of sp³-hybridized carbons (Fsp3) is 0.381. The lowest BCUT2D eigenvalue weighted by Gasteiger charge is -2.23. The van der Waals surface area contributed by atoms with Crippen molar-refractivity contribution >= 4 is 17.2 Å². The smallest absolute Gasteiger partial charge is 0.227 e. The minimum absolute atomic E-state index is 0.0114. The molecule has 1 aliphatic carbocycles. The van der Waals surface area contributed by atoms with Gasteiger partial charge in [-0.2, -0.15) is 4.98 Å². The van der Waals surface area contributed by atoms with Crippen molar-refractivity contribution < 1.29 is 18.8 Å². The highest BCUT2D eigenvalue weighted by molar-refractivity contribution is 7.13. The van der Waals surface area contributed by atoms with Crippen LogP contribution in [0.1, 0.15) is 36.8 Å². The third-order valence-corrected chi connectivity index (χ3v) is 5.98. The molecule has 2 aromatic heterocycles. The fourth-order valence-corrected chi connectivity index (χ4v) is 4.13. The maximum absolute atomic E-state index is 12.6. The summed E-state index contributed by atoms with van der Waals surface area (Å²) in [6.07, 6.45) is 2.96. The van der Waals surface area contributed by atoms with Crippen LogP contribution in [0.5, 0.6) is 11.5 Å². The number of fused-ring (bicyclic) bond motifs is 1. The molecule has 0 radical (unpaired) electrons. The molecule has 2 aliphatic rings. The molecule has 1 saturated carbocycles. The van der Waals surface area contributed by atoms with E-state index in [4.69, 9.17) is 14.0 Å². The van der Waals surface area contributed by atoms with Crippen LogP contribution in [0.3, 0.4) is 0 Å². The van der Waals surface area contributed by atoms with E-state index >= 15 is 0 Å².